The molecule has 0 saturated carbocycles. The molecule has 0 amide bonds. The summed E-state index contributed by atoms with van der Waals surface area (Å²) in [6.07, 6.45) is 5.17. The fourth-order valence-electron chi connectivity index (χ4n) is 2.52. The third kappa shape index (κ3) is 2.71. The fourth-order valence-corrected chi connectivity index (χ4v) is 2.52. The van der Waals surface area contributed by atoms with Gasteiger partial charge >= 0.3 is 0 Å². The summed E-state index contributed by atoms with van der Waals surface area (Å²) in [5.41, 5.74) is 2.30. The predicted octanol–water partition coefficient (Wildman–Crippen LogP) is 2.78. The van der Waals surface area contributed by atoms with Crippen molar-refractivity contribution in [3.63, 3.8) is 0 Å². The van der Waals surface area contributed by atoms with Gasteiger partial charge in [-0.3, -0.25) is 0 Å². The molecule has 0 aliphatic carbocycles. The van der Waals surface area contributed by atoms with Crippen LogP contribution in [-0.4, -0.2) is 28.3 Å². The summed E-state index contributed by atoms with van der Waals surface area (Å²) in [6.45, 7) is 4.26. The Morgan fingerprint density at radius 3 is 2.80 bits per heavy atom. The second-order valence-corrected chi connectivity index (χ2v) is 4.97. The van der Waals surface area contributed by atoms with Crippen molar-refractivity contribution in [2.45, 2.75) is 26.2 Å². The average Bonchev–Trinajstić information content (AvgIpc) is 3.02. The van der Waals surface area contributed by atoms with Crippen molar-refractivity contribution in [2.75, 3.05) is 23.3 Å². The molecule has 20 heavy (non-hydrogen) atoms. The van der Waals surface area contributed by atoms with Gasteiger partial charge in [0, 0.05) is 18.8 Å². The van der Waals surface area contributed by atoms with E-state index in [-0.39, 0.29) is 0 Å². The molecule has 5 heteroatoms. The molecule has 1 saturated heterocycles. The van der Waals surface area contributed by atoms with E-state index >= 15 is 0 Å². The Kier molecular flexibility index (Phi) is 3.76. The standard InChI is InChI=1S/C15H19N5/c1-2-12-7-3-4-8-13(12)17-15-18-14(11-16-19-15)20-9-5-6-10-20/h3-4,7-8,11H,2,5-6,9-10H2,1H3,(H,17,18,19). The van der Waals surface area contributed by atoms with Gasteiger partial charge in [-0.1, -0.05) is 25.1 Å². The smallest absolute Gasteiger partial charge is 0.249 e. The van der Waals surface area contributed by atoms with E-state index in [2.05, 4.69) is 38.4 Å². The maximum atomic E-state index is 4.57. The Morgan fingerprint density at radius 2 is 2.00 bits per heavy atom. The molecule has 1 aliphatic rings. The van der Waals surface area contributed by atoms with E-state index in [1.807, 2.05) is 18.2 Å². The van der Waals surface area contributed by atoms with Crippen LogP contribution in [-0.2, 0) is 6.42 Å². The van der Waals surface area contributed by atoms with Crippen LogP contribution in [0.4, 0.5) is 17.5 Å². The highest BCUT2D eigenvalue weighted by Gasteiger charge is 2.14. The molecule has 1 N–H and O–H groups in total. The van der Waals surface area contributed by atoms with Crippen LogP contribution in [0.5, 0.6) is 0 Å². The van der Waals surface area contributed by atoms with E-state index in [9.17, 15) is 0 Å². The van der Waals surface area contributed by atoms with Gasteiger partial charge in [0.2, 0.25) is 5.95 Å². The number of aryl methyl sites for hydroxylation is 1. The first-order valence-electron chi connectivity index (χ1n) is 7.16. The lowest BCUT2D eigenvalue weighted by Crippen LogP contribution is -2.20. The Labute approximate surface area is 119 Å². The number of anilines is 3. The highest BCUT2D eigenvalue weighted by atomic mass is 15.3. The van der Waals surface area contributed by atoms with Gasteiger partial charge in [0.25, 0.3) is 0 Å². The molecule has 104 valence electrons. The summed E-state index contributed by atoms with van der Waals surface area (Å²) >= 11 is 0. The zero-order valence-electron chi connectivity index (χ0n) is 11.7. The van der Waals surface area contributed by atoms with Crippen LogP contribution in [0.2, 0.25) is 0 Å². The van der Waals surface area contributed by atoms with Gasteiger partial charge in [-0.15, -0.1) is 5.10 Å². The molecular formula is C15H19N5. The Hall–Kier alpha value is -2.17. The normalized spacial score (nSPS) is 14.6. The Morgan fingerprint density at radius 1 is 1.20 bits per heavy atom. The maximum absolute atomic E-state index is 4.57. The van der Waals surface area contributed by atoms with Crippen LogP contribution in [0.15, 0.2) is 30.5 Å². The first-order valence-corrected chi connectivity index (χ1v) is 7.16. The van der Waals surface area contributed by atoms with Gasteiger partial charge in [-0.05, 0) is 30.9 Å². The van der Waals surface area contributed by atoms with E-state index in [1.54, 1.807) is 6.20 Å². The second kappa shape index (κ2) is 5.86. The number of aromatic nitrogens is 3. The highest BCUT2D eigenvalue weighted by Crippen LogP contribution is 2.21. The minimum Gasteiger partial charge on any atom is -0.355 e. The topological polar surface area (TPSA) is 53.9 Å². The van der Waals surface area contributed by atoms with Crippen LogP contribution in [0, 0.1) is 0 Å². The van der Waals surface area contributed by atoms with E-state index in [1.165, 1.54) is 18.4 Å². The monoisotopic (exact) mass is 269 g/mol. The fraction of sp³-hybridized carbons (Fsp3) is 0.400. The molecule has 0 spiro atoms. The van der Waals surface area contributed by atoms with Crippen molar-refractivity contribution >= 4 is 17.5 Å². The molecule has 1 aromatic heterocycles. The summed E-state index contributed by atoms with van der Waals surface area (Å²) in [5, 5.41) is 11.4. The number of nitrogens with one attached hydrogen (secondary N) is 1. The van der Waals surface area contributed by atoms with E-state index in [4.69, 9.17) is 0 Å². The Bertz CT molecular complexity index is 578. The quantitative estimate of drug-likeness (QED) is 0.925. The van der Waals surface area contributed by atoms with Gasteiger partial charge in [-0.2, -0.15) is 10.1 Å². The van der Waals surface area contributed by atoms with Crippen LogP contribution < -0.4 is 10.2 Å². The number of rotatable bonds is 4. The molecule has 0 bridgehead atoms. The SMILES string of the molecule is CCc1ccccc1Nc1nncc(N2CCCC2)n1. The first-order chi connectivity index (χ1) is 9.86. The van der Waals surface area contributed by atoms with Crippen LogP contribution >= 0.6 is 0 Å². The zero-order valence-corrected chi connectivity index (χ0v) is 11.7. The van der Waals surface area contributed by atoms with Crippen molar-refractivity contribution < 1.29 is 0 Å². The maximum Gasteiger partial charge on any atom is 0.249 e. The average molecular weight is 269 g/mol. The molecule has 3 rings (SSSR count). The predicted molar refractivity (Wildman–Crippen MR) is 80.4 cm³/mol. The van der Waals surface area contributed by atoms with E-state index in [0.29, 0.717) is 5.95 Å². The number of hydrogen-bond acceptors (Lipinski definition) is 5. The molecule has 2 aromatic rings. The number of para-hydroxylation sites is 1. The molecule has 1 aromatic carbocycles. The molecule has 5 nitrogen and oxygen atoms in total. The lowest BCUT2D eigenvalue weighted by molar-refractivity contribution is 0.890. The summed E-state index contributed by atoms with van der Waals surface area (Å²) in [4.78, 5) is 6.82. The molecule has 0 radical (unpaired) electrons. The third-order valence-electron chi connectivity index (χ3n) is 3.62. The minimum absolute atomic E-state index is 0.565. The number of hydrogen-bond donors (Lipinski definition) is 1. The lowest BCUT2D eigenvalue weighted by Gasteiger charge is -2.16. The lowest BCUT2D eigenvalue weighted by atomic mass is 10.1. The molecule has 2 heterocycles. The molecule has 1 fully saturated rings. The van der Waals surface area contributed by atoms with Crippen LogP contribution in [0.1, 0.15) is 25.3 Å². The van der Waals surface area contributed by atoms with Gasteiger partial charge in [0.1, 0.15) is 0 Å². The van der Waals surface area contributed by atoms with Crippen molar-refractivity contribution in [3.8, 4) is 0 Å². The van der Waals surface area contributed by atoms with Crippen LogP contribution in [0.3, 0.4) is 0 Å². The molecule has 0 atom stereocenters. The van der Waals surface area contributed by atoms with Gasteiger partial charge in [-0.25, -0.2) is 0 Å². The largest absolute Gasteiger partial charge is 0.355 e. The van der Waals surface area contributed by atoms with Crippen molar-refractivity contribution in [1.82, 2.24) is 15.2 Å². The highest BCUT2D eigenvalue weighted by molar-refractivity contribution is 5.59. The third-order valence-corrected chi connectivity index (χ3v) is 3.62. The molecular weight excluding hydrogens is 250 g/mol. The van der Waals surface area contributed by atoms with Crippen LogP contribution in [0.25, 0.3) is 0 Å². The van der Waals surface area contributed by atoms with Crippen molar-refractivity contribution in [1.29, 1.82) is 0 Å². The van der Waals surface area contributed by atoms with Crippen molar-refractivity contribution in [3.05, 3.63) is 36.0 Å². The summed E-state index contributed by atoms with van der Waals surface area (Å²) in [6, 6.07) is 8.22. The minimum atomic E-state index is 0.565. The second-order valence-electron chi connectivity index (χ2n) is 4.97. The number of benzene rings is 1. The van der Waals surface area contributed by atoms with E-state index < -0.39 is 0 Å². The number of nitrogens with zero attached hydrogens (tertiary/aromatic N) is 4. The molecule has 0 unspecified atom stereocenters. The zero-order chi connectivity index (χ0) is 13.8. The summed E-state index contributed by atoms with van der Waals surface area (Å²) in [5.74, 6) is 1.48. The van der Waals surface area contributed by atoms with Gasteiger partial charge < -0.3 is 10.2 Å². The van der Waals surface area contributed by atoms with Gasteiger partial charge in [0.05, 0.1) is 6.20 Å². The van der Waals surface area contributed by atoms with Crippen molar-refractivity contribution in [2.24, 2.45) is 0 Å². The summed E-state index contributed by atoms with van der Waals surface area (Å²) < 4.78 is 0. The summed E-state index contributed by atoms with van der Waals surface area (Å²) in [7, 11) is 0. The first kappa shape index (κ1) is 12.8. The van der Waals surface area contributed by atoms with Gasteiger partial charge in [0.15, 0.2) is 5.82 Å². The molecule has 1 aliphatic heterocycles. The van der Waals surface area contributed by atoms with E-state index in [0.717, 1.165) is 31.0 Å². The Balaban J connectivity index is 1.82.